The Bertz CT molecular complexity index is 1050. The van der Waals surface area contributed by atoms with Crippen LogP contribution in [0.2, 0.25) is 0 Å². The summed E-state index contributed by atoms with van der Waals surface area (Å²) < 4.78 is 0. The van der Waals surface area contributed by atoms with Gasteiger partial charge in [-0.15, -0.1) is 0 Å². The van der Waals surface area contributed by atoms with Crippen LogP contribution in [0.4, 0.5) is 17.1 Å². The summed E-state index contributed by atoms with van der Waals surface area (Å²) in [5, 5.41) is 9.05. The Balaban J connectivity index is 1.92. The van der Waals surface area contributed by atoms with Gasteiger partial charge in [-0.25, -0.2) is 4.85 Å². The zero-order valence-electron chi connectivity index (χ0n) is 16.6. The summed E-state index contributed by atoms with van der Waals surface area (Å²) in [5.41, 5.74) is 2.79. The van der Waals surface area contributed by atoms with Gasteiger partial charge in [-0.1, -0.05) is 6.07 Å². The lowest BCUT2D eigenvalue weighted by Gasteiger charge is -2.29. The number of aryl methyl sites for hydroxylation is 2. The second-order valence-corrected chi connectivity index (χ2v) is 7.78. The number of unbranched alkanes of at least 4 members (excludes halogenated alkanes) is 1. The summed E-state index contributed by atoms with van der Waals surface area (Å²) in [5.74, 6) is -0.129. The second-order valence-electron chi connectivity index (χ2n) is 7.42. The first-order valence-corrected chi connectivity index (χ1v) is 9.71. The molecule has 0 spiro atoms. The van der Waals surface area contributed by atoms with Crippen LogP contribution in [-0.2, 0) is 11.2 Å². The highest BCUT2D eigenvalue weighted by Gasteiger charge is 2.50. The molecule has 0 saturated carbocycles. The standard InChI is InChI=1S/C22H21N5OS/c1-15-13-17(10-11-19(15)24-4)26-20(28)22(2,3)27(21(26)29)18-9-8-16(25-14-18)7-5-6-12-23/h8-11,13-14H,5-7H2,1-3H3. The lowest BCUT2D eigenvalue weighted by Crippen LogP contribution is -2.44. The highest BCUT2D eigenvalue weighted by atomic mass is 32.1. The van der Waals surface area contributed by atoms with Gasteiger partial charge in [-0.2, -0.15) is 5.26 Å². The molecule has 1 aromatic carbocycles. The lowest BCUT2D eigenvalue weighted by atomic mass is 10.0. The van der Waals surface area contributed by atoms with E-state index in [2.05, 4.69) is 15.9 Å². The third-order valence-corrected chi connectivity index (χ3v) is 5.38. The maximum Gasteiger partial charge on any atom is 0.259 e. The average Bonchev–Trinajstić information content (AvgIpc) is 2.87. The number of carbonyl (C=O) groups is 1. The lowest BCUT2D eigenvalue weighted by molar-refractivity contribution is -0.120. The Labute approximate surface area is 176 Å². The number of hydrogen-bond acceptors (Lipinski definition) is 4. The quantitative estimate of drug-likeness (QED) is 0.411. The van der Waals surface area contributed by atoms with Crippen LogP contribution in [-0.4, -0.2) is 21.5 Å². The van der Waals surface area contributed by atoms with E-state index in [4.69, 9.17) is 24.1 Å². The zero-order chi connectivity index (χ0) is 21.2. The fourth-order valence-electron chi connectivity index (χ4n) is 3.41. The van der Waals surface area contributed by atoms with E-state index in [1.807, 2.05) is 43.9 Å². The molecule has 0 bridgehead atoms. The second kappa shape index (κ2) is 7.98. The highest BCUT2D eigenvalue weighted by molar-refractivity contribution is 7.81. The first-order chi connectivity index (χ1) is 13.8. The maximum atomic E-state index is 13.2. The van der Waals surface area contributed by atoms with Gasteiger partial charge in [0.1, 0.15) is 5.54 Å². The normalized spacial score (nSPS) is 15.3. The van der Waals surface area contributed by atoms with Crippen LogP contribution in [0.1, 0.15) is 37.9 Å². The number of benzene rings is 1. The molecule has 7 heteroatoms. The van der Waals surface area contributed by atoms with E-state index in [9.17, 15) is 4.79 Å². The minimum atomic E-state index is -0.868. The van der Waals surface area contributed by atoms with Gasteiger partial charge in [-0.3, -0.25) is 14.7 Å². The molecule has 3 rings (SSSR count). The van der Waals surface area contributed by atoms with Gasteiger partial charge < -0.3 is 4.90 Å². The van der Waals surface area contributed by atoms with Crippen molar-refractivity contribution < 1.29 is 4.79 Å². The van der Waals surface area contributed by atoms with Crippen molar-refractivity contribution in [3.8, 4) is 6.07 Å². The topological polar surface area (TPSA) is 64.6 Å². The van der Waals surface area contributed by atoms with E-state index >= 15 is 0 Å². The number of thiocarbonyl (C=S) groups is 1. The molecule has 0 unspecified atom stereocenters. The van der Waals surface area contributed by atoms with E-state index in [0.29, 0.717) is 22.9 Å². The molecule has 2 aromatic rings. The summed E-state index contributed by atoms with van der Waals surface area (Å²) in [6, 6.07) is 11.2. The molecule has 0 aliphatic carbocycles. The zero-order valence-corrected chi connectivity index (χ0v) is 17.5. The Morgan fingerprint density at radius 3 is 2.59 bits per heavy atom. The van der Waals surface area contributed by atoms with Crippen LogP contribution < -0.4 is 9.80 Å². The number of nitriles is 1. The molecule has 1 aliphatic heterocycles. The molecule has 1 amide bonds. The number of amides is 1. The molecular formula is C22H21N5OS. The van der Waals surface area contributed by atoms with Gasteiger partial charge in [0, 0.05) is 17.8 Å². The summed E-state index contributed by atoms with van der Waals surface area (Å²) in [6.07, 6.45) is 3.73. The number of anilines is 2. The predicted octanol–water partition coefficient (Wildman–Crippen LogP) is 4.70. The van der Waals surface area contributed by atoms with Gasteiger partial charge in [0.05, 0.1) is 24.5 Å². The fourth-order valence-corrected chi connectivity index (χ4v) is 3.93. The van der Waals surface area contributed by atoms with Crippen molar-refractivity contribution in [3.05, 3.63) is 59.2 Å². The molecule has 1 fully saturated rings. The molecule has 0 N–H and O–H groups in total. The number of pyridine rings is 1. The van der Waals surface area contributed by atoms with Crippen molar-refractivity contribution >= 4 is 40.3 Å². The molecule has 29 heavy (non-hydrogen) atoms. The molecule has 6 nitrogen and oxygen atoms in total. The maximum absolute atomic E-state index is 13.2. The van der Waals surface area contributed by atoms with Crippen LogP contribution in [0.25, 0.3) is 4.85 Å². The van der Waals surface area contributed by atoms with Crippen molar-refractivity contribution in [1.29, 1.82) is 5.26 Å². The van der Waals surface area contributed by atoms with Crippen molar-refractivity contribution in [2.24, 2.45) is 0 Å². The average molecular weight is 404 g/mol. The van der Waals surface area contributed by atoms with E-state index < -0.39 is 5.54 Å². The Kier molecular flexibility index (Phi) is 5.63. The summed E-state index contributed by atoms with van der Waals surface area (Å²) in [4.78, 5) is 24.5. The minimum absolute atomic E-state index is 0.129. The molecule has 1 aromatic heterocycles. The number of carbonyl (C=O) groups excluding carboxylic acids is 1. The van der Waals surface area contributed by atoms with Crippen molar-refractivity contribution in [2.45, 2.75) is 45.6 Å². The molecule has 0 atom stereocenters. The van der Waals surface area contributed by atoms with Crippen LogP contribution in [0, 0.1) is 24.8 Å². The first-order valence-electron chi connectivity index (χ1n) is 9.30. The number of aromatic nitrogens is 1. The summed E-state index contributed by atoms with van der Waals surface area (Å²) in [6.45, 7) is 12.7. The number of nitrogens with zero attached hydrogens (tertiary/aromatic N) is 5. The van der Waals surface area contributed by atoms with Gasteiger partial charge in [0.25, 0.3) is 5.91 Å². The van der Waals surface area contributed by atoms with Crippen molar-refractivity contribution in [2.75, 3.05) is 9.80 Å². The third-order valence-electron chi connectivity index (χ3n) is 5.02. The third kappa shape index (κ3) is 3.70. The smallest absolute Gasteiger partial charge is 0.259 e. The Morgan fingerprint density at radius 2 is 2.00 bits per heavy atom. The predicted molar refractivity (Wildman–Crippen MR) is 117 cm³/mol. The molecular weight excluding hydrogens is 382 g/mol. The molecule has 1 saturated heterocycles. The Hall–Kier alpha value is -3.29. The van der Waals surface area contributed by atoms with E-state index in [0.717, 1.165) is 29.8 Å². The van der Waals surface area contributed by atoms with E-state index in [1.165, 1.54) is 4.90 Å². The van der Waals surface area contributed by atoms with Crippen LogP contribution in [0.5, 0.6) is 0 Å². The van der Waals surface area contributed by atoms with E-state index in [-0.39, 0.29) is 5.91 Å². The molecule has 2 heterocycles. The Morgan fingerprint density at radius 1 is 1.28 bits per heavy atom. The van der Waals surface area contributed by atoms with Gasteiger partial charge in [0.15, 0.2) is 10.8 Å². The van der Waals surface area contributed by atoms with Crippen LogP contribution in [0.3, 0.4) is 0 Å². The molecule has 0 radical (unpaired) electrons. The monoisotopic (exact) mass is 403 g/mol. The summed E-state index contributed by atoms with van der Waals surface area (Å²) in [7, 11) is 0. The van der Waals surface area contributed by atoms with Crippen molar-refractivity contribution in [3.63, 3.8) is 0 Å². The number of hydrogen-bond donors (Lipinski definition) is 0. The molecule has 1 aliphatic rings. The minimum Gasteiger partial charge on any atom is -0.302 e. The van der Waals surface area contributed by atoms with Gasteiger partial charge in [-0.05, 0) is 75.7 Å². The fraction of sp³-hybridized carbons (Fsp3) is 0.318. The van der Waals surface area contributed by atoms with E-state index in [1.54, 1.807) is 18.3 Å². The largest absolute Gasteiger partial charge is 0.302 e. The van der Waals surface area contributed by atoms with Crippen LogP contribution >= 0.6 is 12.2 Å². The van der Waals surface area contributed by atoms with Crippen LogP contribution in [0.15, 0.2) is 36.5 Å². The highest BCUT2D eigenvalue weighted by Crippen LogP contribution is 2.37. The van der Waals surface area contributed by atoms with Crippen molar-refractivity contribution in [1.82, 2.24) is 4.98 Å². The SMILES string of the molecule is [C-]#[N+]c1ccc(N2C(=O)C(C)(C)N(c3ccc(CCCC#N)nc3)C2=S)cc1C. The number of rotatable bonds is 5. The molecule has 146 valence electrons. The van der Waals surface area contributed by atoms with Gasteiger partial charge in [0.2, 0.25) is 0 Å². The van der Waals surface area contributed by atoms with Gasteiger partial charge >= 0.3 is 0 Å². The first kappa shape index (κ1) is 20.4. The summed E-state index contributed by atoms with van der Waals surface area (Å²) >= 11 is 5.68.